The Morgan fingerprint density at radius 1 is 1.11 bits per heavy atom. The molecule has 0 aliphatic carbocycles. The molecule has 0 saturated carbocycles. The molecule has 7 nitrogen and oxygen atoms in total. The number of thiazole rings is 1. The molecule has 4 rings (SSSR count). The van der Waals surface area contributed by atoms with Gasteiger partial charge in [-0.1, -0.05) is 31.3 Å². The van der Waals surface area contributed by atoms with E-state index in [0.717, 1.165) is 27.8 Å². The SMILES string of the molecule is CCOCCn1c(=NC(=O)c2ccc(S(=O)(=O)N3CC(C)CC(C)C3)cc2)sc2c(C)cc(C)cc21. The Balaban J connectivity index is 1.65. The first-order chi connectivity index (χ1) is 17.1. The predicted octanol–water partition coefficient (Wildman–Crippen LogP) is 4.76. The molecule has 0 N–H and O–H groups in total. The Kier molecular flexibility index (Phi) is 8.14. The van der Waals surface area contributed by atoms with E-state index in [2.05, 4.69) is 44.8 Å². The maximum atomic E-state index is 13.2. The van der Waals surface area contributed by atoms with E-state index in [1.807, 2.05) is 11.5 Å². The van der Waals surface area contributed by atoms with E-state index in [0.29, 0.717) is 55.0 Å². The summed E-state index contributed by atoms with van der Waals surface area (Å²) in [5, 5.41) is 0. The Morgan fingerprint density at radius 2 is 1.78 bits per heavy atom. The van der Waals surface area contributed by atoms with E-state index in [1.165, 1.54) is 23.5 Å². The second-order valence-electron chi connectivity index (χ2n) is 9.87. The molecule has 2 aromatic carbocycles. The normalized spacial score (nSPS) is 19.8. The highest BCUT2D eigenvalue weighted by atomic mass is 32.2. The summed E-state index contributed by atoms with van der Waals surface area (Å²) in [4.78, 5) is 18.4. The van der Waals surface area contributed by atoms with Gasteiger partial charge in [-0.2, -0.15) is 9.30 Å². The molecule has 2 unspecified atom stereocenters. The molecule has 1 aliphatic heterocycles. The molecule has 0 spiro atoms. The van der Waals surface area contributed by atoms with Crippen LogP contribution in [0.25, 0.3) is 10.2 Å². The number of fused-ring (bicyclic) bond motifs is 1. The van der Waals surface area contributed by atoms with Crippen molar-refractivity contribution >= 4 is 37.5 Å². The predicted molar refractivity (Wildman–Crippen MR) is 144 cm³/mol. The van der Waals surface area contributed by atoms with Gasteiger partial charge in [0, 0.05) is 31.8 Å². The summed E-state index contributed by atoms with van der Waals surface area (Å²) in [5.41, 5.74) is 3.69. The lowest BCUT2D eigenvalue weighted by molar-refractivity contribution is 0.0996. The summed E-state index contributed by atoms with van der Waals surface area (Å²) in [5.74, 6) is 0.253. The van der Waals surface area contributed by atoms with Crippen molar-refractivity contribution in [3.8, 4) is 0 Å². The van der Waals surface area contributed by atoms with Crippen LogP contribution in [0.15, 0.2) is 46.3 Å². The summed E-state index contributed by atoms with van der Waals surface area (Å²) in [7, 11) is -3.60. The Morgan fingerprint density at radius 3 is 2.42 bits per heavy atom. The van der Waals surface area contributed by atoms with Crippen molar-refractivity contribution in [1.29, 1.82) is 0 Å². The van der Waals surface area contributed by atoms with E-state index < -0.39 is 15.9 Å². The lowest BCUT2D eigenvalue weighted by atomic mass is 9.94. The third kappa shape index (κ3) is 5.64. The number of aryl methyl sites for hydroxylation is 2. The lowest BCUT2D eigenvalue weighted by Crippen LogP contribution is -2.42. The maximum Gasteiger partial charge on any atom is 0.279 e. The topological polar surface area (TPSA) is 81.0 Å². The van der Waals surface area contributed by atoms with Gasteiger partial charge in [-0.3, -0.25) is 4.79 Å². The van der Waals surface area contributed by atoms with E-state index in [9.17, 15) is 13.2 Å². The van der Waals surface area contributed by atoms with Crippen LogP contribution in [0.5, 0.6) is 0 Å². The highest BCUT2D eigenvalue weighted by molar-refractivity contribution is 7.89. The van der Waals surface area contributed by atoms with Crippen molar-refractivity contribution in [2.45, 2.75) is 52.5 Å². The van der Waals surface area contributed by atoms with Crippen molar-refractivity contribution in [2.24, 2.45) is 16.8 Å². The average Bonchev–Trinajstić information content (AvgIpc) is 3.16. The molecule has 1 aromatic heterocycles. The summed E-state index contributed by atoms with van der Waals surface area (Å²) >= 11 is 1.48. The average molecular weight is 530 g/mol. The second kappa shape index (κ2) is 11.0. The van der Waals surface area contributed by atoms with Crippen LogP contribution in [-0.2, 0) is 21.3 Å². The minimum atomic E-state index is -3.60. The fraction of sp³-hybridized carbons (Fsp3) is 0.481. The van der Waals surface area contributed by atoms with E-state index in [1.54, 1.807) is 16.4 Å². The summed E-state index contributed by atoms with van der Waals surface area (Å²) in [6, 6.07) is 10.4. The minimum absolute atomic E-state index is 0.208. The number of nitrogens with zero attached hydrogens (tertiary/aromatic N) is 3. The fourth-order valence-corrected chi connectivity index (χ4v) is 7.77. The molecule has 36 heavy (non-hydrogen) atoms. The summed E-state index contributed by atoms with van der Waals surface area (Å²) in [6.07, 6.45) is 1.03. The summed E-state index contributed by atoms with van der Waals surface area (Å²) in [6.45, 7) is 13.0. The number of amides is 1. The number of aromatic nitrogens is 1. The van der Waals surface area contributed by atoms with Crippen molar-refractivity contribution in [1.82, 2.24) is 8.87 Å². The van der Waals surface area contributed by atoms with Crippen LogP contribution in [-0.4, -0.2) is 49.5 Å². The lowest BCUT2D eigenvalue weighted by Gasteiger charge is -2.34. The Hall–Kier alpha value is -2.33. The molecule has 3 aromatic rings. The third-order valence-corrected chi connectivity index (χ3v) is 9.62. The highest BCUT2D eigenvalue weighted by Crippen LogP contribution is 2.27. The van der Waals surface area contributed by atoms with Gasteiger partial charge in [0.05, 0.1) is 21.7 Å². The minimum Gasteiger partial charge on any atom is -0.380 e. The number of benzene rings is 2. The van der Waals surface area contributed by atoms with Gasteiger partial charge in [-0.05, 0) is 80.5 Å². The molecule has 2 heterocycles. The number of hydrogen-bond acceptors (Lipinski definition) is 5. The molecule has 1 aliphatic rings. The first-order valence-corrected chi connectivity index (χ1v) is 14.7. The molecular formula is C27H35N3O4S2. The molecular weight excluding hydrogens is 494 g/mol. The van der Waals surface area contributed by atoms with Gasteiger partial charge in [0.15, 0.2) is 4.80 Å². The standard InChI is InChI=1S/C27H35N3O4S2/c1-6-34-12-11-30-24-15-18(2)14-21(5)25(24)35-27(30)28-26(31)22-7-9-23(10-8-22)36(32,33)29-16-19(3)13-20(4)17-29/h7-10,14-15,19-20H,6,11-13,16-17H2,1-5H3. The van der Waals surface area contributed by atoms with Crippen molar-refractivity contribution < 1.29 is 17.9 Å². The van der Waals surface area contributed by atoms with Gasteiger partial charge >= 0.3 is 0 Å². The van der Waals surface area contributed by atoms with Crippen LogP contribution >= 0.6 is 11.3 Å². The molecule has 0 radical (unpaired) electrons. The number of rotatable bonds is 7. The van der Waals surface area contributed by atoms with Crippen LogP contribution in [0, 0.1) is 25.7 Å². The number of carbonyl (C=O) groups excluding carboxylic acids is 1. The number of sulfonamides is 1. The van der Waals surface area contributed by atoms with Gasteiger partial charge in [-0.25, -0.2) is 8.42 Å². The first-order valence-electron chi connectivity index (χ1n) is 12.5. The van der Waals surface area contributed by atoms with Crippen LogP contribution in [0.1, 0.15) is 48.7 Å². The number of piperidine rings is 1. The van der Waals surface area contributed by atoms with E-state index >= 15 is 0 Å². The monoisotopic (exact) mass is 529 g/mol. The molecule has 9 heteroatoms. The molecule has 1 saturated heterocycles. The number of hydrogen-bond donors (Lipinski definition) is 0. The fourth-order valence-electron chi connectivity index (χ4n) is 4.99. The van der Waals surface area contributed by atoms with Gasteiger partial charge in [-0.15, -0.1) is 0 Å². The van der Waals surface area contributed by atoms with Crippen molar-refractivity contribution in [2.75, 3.05) is 26.3 Å². The largest absolute Gasteiger partial charge is 0.380 e. The van der Waals surface area contributed by atoms with Crippen molar-refractivity contribution in [3.05, 3.63) is 57.9 Å². The molecule has 0 bridgehead atoms. The number of carbonyl (C=O) groups is 1. The third-order valence-electron chi connectivity index (χ3n) is 6.55. The smallest absolute Gasteiger partial charge is 0.279 e. The van der Waals surface area contributed by atoms with Crippen LogP contribution in [0.3, 0.4) is 0 Å². The zero-order valence-electron chi connectivity index (χ0n) is 21.7. The molecule has 2 atom stereocenters. The van der Waals surface area contributed by atoms with E-state index in [-0.39, 0.29) is 4.90 Å². The van der Waals surface area contributed by atoms with Gasteiger partial charge < -0.3 is 9.30 Å². The zero-order valence-corrected chi connectivity index (χ0v) is 23.3. The van der Waals surface area contributed by atoms with Crippen LogP contribution in [0.2, 0.25) is 0 Å². The first kappa shape index (κ1) is 26.7. The molecule has 194 valence electrons. The summed E-state index contributed by atoms with van der Waals surface area (Å²) < 4.78 is 36.6. The van der Waals surface area contributed by atoms with Crippen LogP contribution < -0.4 is 4.80 Å². The van der Waals surface area contributed by atoms with Gasteiger partial charge in [0.1, 0.15) is 0 Å². The Bertz CT molecular complexity index is 1410. The Labute approximate surface area is 217 Å². The zero-order chi connectivity index (χ0) is 26.0. The highest BCUT2D eigenvalue weighted by Gasteiger charge is 2.31. The van der Waals surface area contributed by atoms with Gasteiger partial charge in [0.25, 0.3) is 5.91 Å². The maximum absolute atomic E-state index is 13.2. The van der Waals surface area contributed by atoms with Crippen LogP contribution in [0.4, 0.5) is 0 Å². The van der Waals surface area contributed by atoms with E-state index in [4.69, 9.17) is 4.74 Å². The quantitative estimate of drug-likeness (QED) is 0.413. The molecule has 1 fully saturated rings. The number of ether oxygens (including phenoxy) is 1. The second-order valence-corrected chi connectivity index (χ2v) is 12.8. The molecule has 1 amide bonds. The van der Waals surface area contributed by atoms with Gasteiger partial charge in [0.2, 0.25) is 10.0 Å². The van der Waals surface area contributed by atoms with Crippen molar-refractivity contribution in [3.63, 3.8) is 0 Å².